The molecule has 0 amide bonds. The second-order valence-corrected chi connectivity index (χ2v) is 3.77. The Hall–Kier alpha value is -0.640. The summed E-state index contributed by atoms with van der Waals surface area (Å²) in [6.07, 6.45) is -1.94. The lowest BCUT2D eigenvalue weighted by Crippen LogP contribution is -2.26. The third-order valence-corrected chi connectivity index (χ3v) is 2.10. The minimum absolute atomic E-state index is 0.325. The maximum Gasteiger partial charge on any atom is 0.411 e. The molecule has 0 aliphatic carbocycles. The smallest absolute Gasteiger partial charge is 0.351 e. The van der Waals surface area contributed by atoms with Crippen LogP contribution in [-0.4, -0.2) is 22.3 Å². The van der Waals surface area contributed by atoms with Crippen molar-refractivity contribution in [2.75, 3.05) is 6.61 Å². The van der Waals surface area contributed by atoms with Crippen LogP contribution in [0.25, 0.3) is 0 Å². The molecular formula is C7H6F3IN2O2. The summed E-state index contributed by atoms with van der Waals surface area (Å²) in [6.45, 7) is -1.84. The average Bonchev–Trinajstić information content (AvgIpc) is 2.10. The second-order valence-electron chi connectivity index (χ2n) is 2.61. The van der Waals surface area contributed by atoms with Gasteiger partial charge in [0.05, 0.1) is 9.90 Å². The van der Waals surface area contributed by atoms with Gasteiger partial charge < -0.3 is 4.74 Å². The van der Waals surface area contributed by atoms with Crippen molar-refractivity contribution in [3.63, 3.8) is 0 Å². The van der Waals surface area contributed by atoms with Gasteiger partial charge in [-0.1, -0.05) is 0 Å². The van der Waals surface area contributed by atoms with Crippen molar-refractivity contribution in [3.8, 4) is 0 Å². The standard InChI is InChI=1S/C7H6F3IN2O2/c8-7(9,10)2-15-4-13-3-12-1-5(11)6(13)14/h1,3H,2,4H2. The molecule has 1 aromatic rings. The van der Waals surface area contributed by atoms with E-state index < -0.39 is 25.1 Å². The van der Waals surface area contributed by atoms with Crippen molar-refractivity contribution in [2.24, 2.45) is 0 Å². The van der Waals surface area contributed by atoms with Crippen LogP contribution in [0.4, 0.5) is 13.2 Å². The van der Waals surface area contributed by atoms with Crippen LogP contribution in [-0.2, 0) is 11.5 Å². The van der Waals surface area contributed by atoms with Gasteiger partial charge >= 0.3 is 6.18 Å². The number of ether oxygens (including phenoxy) is 1. The molecule has 0 aliphatic heterocycles. The van der Waals surface area contributed by atoms with Gasteiger partial charge in [0.15, 0.2) is 0 Å². The Balaban J connectivity index is 2.59. The summed E-state index contributed by atoms with van der Waals surface area (Å²) >= 11 is 1.74. The molecule has 0 saturated heterocycles. The van der Waals surface area contributed by atoms with Crippen LogP contribution in [0.1, 0.15) is 0 Å². The molecule has 0 saturated carbocycles. The Kier molecular flexibility index (Phi) is 4.08. The highest BCUT2D eigenvalue weighted by atomic mass is 127. The molecule has 15 heavy (non-hydrogen) atoms. The molecule has 8 heteroatoms. The second kappa shape index (κ2) is 4.92. The molecule has 0 aromatic carbocycles. The van der Waals surface area contributed by atoms with Gasteiger partial charge in [-0.25, -0.2) is 4.98 Å². The summed E-state index contributed by atoms with van der Waals surface area (Å²) in [7, 11) is 0. The van der Waals surface area contributed by atoms with Crippen LogP contribution in [0.5, 0.6) is 0 Å². The van der Waals surface area contributed by atoms with Gasteiger partial charge in [0.25, 0.3) is 5.56 Å². The number of hydrogen-bond acceptors (Lipinski definition) is 3. The molecule has 1 heterocycles. The largest absolute Gasteiger partial charge is 0.411 e. The highest BCUT2D eigenvalue weighted by Gasteiger charge is 2.27. The van der Waals surface area contributed by atoms with Crippen LogP contribution < -0.4 is 5.56 Å². The fraction of sp³-hybridized carbons (Fsp3) is 0.429. The Bertz CT molecular complexity index is 391. The normalized spacial score (nSPS) is 11.7. The predicted octanol–water partition coefficient (Wildman–Crippen LogP) is 1.38. The first-order valence-corrected chi connectivity index (χ1v) is 4.82. The molecule has 0 spiro atoms. The van der Waals surface area contributed by atoms with E-state index >= 15 is 0 Å². The summed E-state index contributed by atoms with van der Waals surface area (Å²) in [4.78, 5) is 14.9. The van der Waals surface area contributed by atoms with E-state index in [1.54, 1.807) is 22.6 Å². The fourth-order valence-corrected chi connectivity index (χ4v) is 1.25. The highest BCUT2D eigenvalue weighted by Crippen LogP contribution is 2.14. The van der Waals surface area contributed by atoms with Crippen molar-refractivity contribution < 1.29 is 17.9 Å². The van der Waals surface area contributed by atoms with E-state index in [2.05, 4.69) is 9.72 Å². The van der Waals surface area contributed by atoms with E-state index in [9.17, 15) is 18.0 Å². The molecule has 0 atom stereocenters. The molecule has 1 rings (SSSR count). The first-order chi connectivity index (χ1) is 6.90. The Morgan fingerprint density at radius 2 is 2.20 bits per heavy atom. The zero-order valence-electron chi connectivity index (χ0n) is 7.29. The molecule has 0 radical (unpaired) electrons. The summed E-state index contributed by atoms with van der Waals surface area (Å²) in [6, 6.07) is 0. The van der Waals surface area contributed by atoms with Gasteiger partial charge in [-0.05, 0) is 22.6 Å². The molecule has 84 valence electrons. The van der Waals surface area contributed by atoms with Gasteiger partial charge in [0.2, 0.25) is 0 Å². The highest BCUT2D eigenvalue weighted by molar-refractivity contribution is 14.1. The van der Waals surface area contributed by atoms with E-state index in [0.717, 1.165) is 10.9 Å². The summed E-state index contributed by atoms with van der Waals surface area (Å²) < 4.78 is 40.7. The van der Waals surface area contributed by atoms with Gasteiger partial charge in [-0.2, -0.15) is 13.2 Å². The Morgan fingerprint density at radius 3 is 2.80 bits per heavy atom. The van der Waals surface area contributed by atoms with E-state index in [-0.39, 0.29) is 0 Å². The molecule has 0 N–H and O–H groups in total. The lowest BCUT2D eigenvalue weighted by Gasteiger charge is -2.08. The van der Waals surface area contributed by atoms with Crippen molar-refractivity contribution in [3.05, 3.63) is 26.4 Å². The number of hydrogen-bond donors (Lipinski definition) is 0. The number of nitrogens with zero attached hydrogens (tertiary/aromatic N) is 2. The van der Waals surface area contributed by atoms with Crippen LogP contribution in [0.2, 0.25) is 0 Å². The maximum absolute atomic E-state index is 11.7. The minimum atomic E-state index is -4.39. The molecule has 4 nitrogen and oxygen atoms in total. The maximum atomic E-state index is 11.7. The van der Waals surface area contributed by atoms with Crippen LogP contribution in [0.3, 0.4) is 0 Å². The lowest BCUT2D eigenvalue weighted by atomic mass is 10.6. The molecule has 0 fully saturated rings. The number of alkyl halides is 3. The number of rotatable bonds is 3. The van der Waals surface area contributed by atoms with Gasteiger partial charge in [0, 0.05) is 6.20 Å². The average molecular weight is 334 g/mol. The Morgan fingerprint density at radius 1 is 1.53 bits per heavy atom. The van der Waals surface area contributed by atoms with E-state index in [1.165, 1.54) is 6.20 Å². The van der Waals surface area contributed by atoms with Crippen LogP contribution in [0, 0.1) is 3.57 Å². The lowest BCUT2D eigenvalue weighted by molar-refractivity contribution is -0.182. The van der Waals surface area contributed by atoms with Crippen molar-refractivity contribution in [1.29, 1.82) is 0 Å². The molecule has 1 aromatic heterocycles. The molecule has 0 unspecified atom stereocenters. The molecule has 0 aliphatic rings. The van der Waals surface area contributed by atoms with Crippen LogP contribution in [0.15, 0.2) is 17.3 Å². The van der Waals surface area contributed by atoms with E-state index in [0.29, 0.717) is 3.57 Å². The summed E-state index contributed by atoms with van der Waals surface area (Å²) in [5.74, 6) is 0. The van der Waals surface area contributed by atoms with Crippen molar-refractivity contribution >= 4 is 22.6 Å². The van der Waals surface area contributed by atoms with Gasteiger partial charge in [0.1, 0.15) is 13.3 Å². The van der Waals surface area contributed by atoms with E-state index in [1.807, 2.05) is 0 Å². The molecular weight excluding hydrogens is 328 g/mol. The fourth-order valence-electron chi connectivity index (χ4n) is 0.776. The Labute approximate surface area is 96.2 Å². The monoisotopic (exact) mass is 334 g/mol. The summed E-state index contributed by atoms with van der Waals surface area (Å²) in [5.41, 5.74) is -0.423. The van der Waals surface area contributed by atoms with E-state index in [4.69, 9.17) is 0 Å². The van der Waals surface area contributed by atoms with Crippen molar-refractivity contribution in [1.82, 2.24) is 9.55 Å². The topological polar surface area (TPSA) is 44.1 Å². The summed E-state index contributed by atoms with van der Waals surface area (Å²) in [5, 5.41) is 0. The third kappa shape index (κ3) is 4.16. The number of halogens is 4. The van der Waals surface area contributed by atoms with Gasteiger partial charge in [-0.3, -0.25) is 9.36 Å². The predicted molar refractivity (Wildman–Crippen MR) is 53.2 cm³/mol. The number of aromatic nitrogens is 2. The minimum Gasteiger partial charge on any atom is -0.351 e. The first kappa shape index (κ1) is 12.4. The zero-order chi connectivity index (χ0) is 11.5. The zero-order valence-corrected chi connectivity index (χ0v) is 9.45. The quantitative estimate of drug-likeness (QED) is 0.785. The van der Waals surface area contributed by atoms with Crippen molar-refractivity contribution in [2.45, 2.75) is 12.9 Å². The SMILES string of the molecule is O=c1c(I)cncn1COCC(F)(F)F. The molecule has 0 bridgehead atoms. The first-order valence-electron chi connectivity index (χ1n) is 3.74. The van der Waals surface area contributed by atoms with Crippen LogP contribution >= 0.6 is 22.6 Å². The van der Waals surface area contributed by atoms with Gasteiger partial charge in [-0.15, -0.1) is 0 Å². The third-order valence-electron chi connectivity index (χ3n) is 1.36.